The molecule has 1 aromatic carbocycles. The SMILES string of the molecule is O=[N+]([O-])c1cccc(CS(=O)(=O)N2CCCCCC2)c1. The van der Waals surface area contributed by atoms with Gasteiger partial charge in [0.2, 0.25) is 10.0 Å². The van der Waals surface area contributed by atoms with E-state index in [-0.39, 0.29) is 11.4 Å². The molecule has 1 aromatic rings. The normalized spacial score (nSPS) is 17.6. The fraction of sp³-hybridized carbons (Fsp3) is 0.538. The lowest BCUT2D eigenvalue weighted by atomic mass is 10.2. The molecule has 7 heteroatoms. The van der Waals surface area contributed by atoms with Crippen molar-refractivity contribution in [3.63, 3.8) is 0 Å². The Labute approximate surface area is 118 Å². The molecule has 1 saturated heterocycles. The molecule has 0 saturated carbocycles. The average molecular weight is 298 g/mol. The Morgan fingerprint density at radius 1 is 1.15 bits per heavy atom. The number of benzene rings is 1. The van der Waals surface area contributed by atoms with Gasteiger partial charge in [-0.05, 0) is 18.4 Å². The fourth-order valence-corrected chi connectivity index (χ4v) is 3.98. The van der Waals surface area contributed by atoms with Crippen LogP contribution in [0.5, 0.6) is 0 Å². The number of non-ortho nitro benzene ring substituents is 1. The Kier molecular flexibility index (Phi) is 4.72. The predicted octanol–water partition coefficient (Wildman–Crippen LogP) is 2.30. The molecule has 1 aliphatic rings. The van der Waals surface area contributed by atoms with Crippen molar-refractivity contribution in [1.29, 1.82) is 0 Å². The third-order valence-corrected chi connectivity index (χ3v) is 5.28. The maximum atomic E-state index is 12.3. The highest BCUT2D eigenvalue weighted by atomic mass is 32.2. The molecule has 0 radical (unpaired) electrons. The molecule has 0 aliphatic carbocycles. The molecule has 1 fully saturated rings. The summed E-state index contributed by atoms with van der Waals surface area (Å²) in [5, 5.41) is 10.7. The van der Waals surface area contributed by atoms with Crippen LogP contribution < -0.4 is 0 Å². The number of nitro benzene ring substituents is 1. The van der Waals surface area contributed by atoms with Crippen molar-refractivity contribution in [3.8, 4) is 0 Å². The summed E-state index contributed by atoms with van der Waals surface area (Å²) in [6.45, 7) is 1.11. The molecule has 0 atom stereocenters. The van der Waals surface area contributed by atoms with Gasteiger partial charge in [0.05, 0.1) is 10.7 Å². The summed E-state index contributed by atoms with van der Waals surface area (Å²) in [4.78, 5) is 10.2. The number of nitrogens with zero attached hydrogens (tertiary/aromatic N) is 2. The number of rotatable bonds is 4. The average Bonchev–Trinajstić information content (AvgIpc) is 2.67. The quantitative estimate of drug-likeness (QED) is 0.631. The van der Waals surface area contributed by atoms with E-state index >= 15 is 0 Å². The summed E-state index contributed by atoms with van der Waals surface area (Å²) < 4.78 is 26.2. The minimum Gasteiger partial charge on any atom is -0.258 e. The fourth-order valence-electron chi connectivity index (χ4n) is 2.38. The molecule has 2 rings (SSSR count). The van der Waals surface area contributed by atoms with Gasteiger partial charge in [-0.2, -0.15) is 0 Å². The Hall–Kier alpha value is -1.47. The van der Waals surface area contributed by atoms with Gasteiger partial charge in [-0.3, -0.25) is 10.1 Å². The van der Waals surface area contributed by atoms with Crippen LogP contribution >= 0.6 is 0 Å². The first-order valence-electron chi connectivity index (χ1n) is 6.70. The Morgan fingerprint density at radius 2 is 1.80 bits per heavy atom. The molecular formula is C13H18N2O4S. The van der Waals surface area contributed by atoms with Crippen molar-refractivity contribution in [2.45, 2.75) is 31.4 Å². The Morgan fingerprint density at radius 3 is 2.40 bits per heavy atom. The second kappa shape index (κ2) is 6.32. The Balaban J connectivity index is 2.14. The van der Waals surface area contributed by atoms with E-state index in [1.54, 1.807) is 6.07 Å². The summed E-state index contributed by atoms with van der Waals surface area (Å²) in [7, 11) is -3.39. The lowest BCUT2D eigenvalue weighted by molar-refractivity contribution is -0.384. The van der Waals surface area contributed by atoms with Crippen LogP contribution in [0.2, 0.25) is 0 Å². The lowest BCUT2D eigenvalue weighted by Crippen LogP contribution is -2.32. The minimum atomic E-state index is -3.39. The van der Waals surface area contributed by atoms with E-state index in [4.69, 9.17) is 0 Å². The maximum absolute atomic E-state index is 12.3. The zero-order valence-corrected chi connectivity index (χ0v) is 12.0. The lowest BCUT2D eigenvalue weighted by Gasteiger charge is -2.19. The maximum Gasteiger partial charge on any atom is 0.269 e. The van der Waals surface area contributed by atoms with Crippen LogP contribution in [0.3, 0.4) is 0 Å². The molecular weight excluding hydrogens is 280 g/mol. The van der Waals surface area contributed by atoms with Crippen molar-refractivity contribution in [3.05, 3.63) is 39.9 Å². The van der Waals surface area contributed by atoms with Crippen molar-refractivity contribution in [1.82, 2.24) is 4.31 Å². The van der Waals surface area contributed by atoms with Gasteiger partial charge in [-0.1, -0.05) is 25.0 Å². The van der Waals surface area contributed by atoms with Gasteiger partial charge < -0.3 is 0 Å². The largest absolute Gasteiger partial charge is 0.269 e. The summed E-state index contributed by atoms with van der Waals surface area (Å²) in [6.07, 6.45) is 3.88. The second-order valence-corrected chi connectivity index (χ2v) is 6.97. The van der Waals surface area contributed by atoms with Crippen LogP contribution in [0.25, 0.3) is 0 Å². The molecule has 0 unspecified atom stereocenters. The summed E-state index contributed by atoms with van der Waals surface area (Å²) in [5.41, 5.74) is 0.386. The van der Waals surface area contributed by atoms with E-state index in [1.807, 2.05) is 0 Å². The standard InChI is InChI=1S/C13H18N2O4S/c16-15(17)13-7-5-6-12(10-13)11-20(18,19)14-8-3-1-2-4-9-14/h5-7,10H,1-4,8-9,11H2. The topological polar surface area (TPSA) is 80.5 Å². The highest BCUT2D eigenvalue weighted by Crippen LogP contribution is 2.19. The predicted molar refractivity (Wildman–Crippen MR) is 75.8 cm³/mol. The van der Waals surface area contributed by atoms with E-state index in [0.29, 0.717) is 18.7 Å². The molecule has 1 aliphatic heterocycles. The van der Waals surface area contributed by atoms with E-state index in [1.165, 1.54) is 22.5 Å². The van der Waals surface area contributed by atoms with Gasteiger partial charge in [0, 0.05) is 25.2 Å². The number of hydrogen-bond acceptors (Lipinski definition) is 4. The van der Waals surface area contributed by atoms with E-state index in [2.05, 4.69) is 0 Å². The molecule has 6 nitrogen and oxygen atoms in total. The van der Waals surface area contributed by atoms with Crippen molar-refractivity contribution >= 4 is 15.7 Å². The monoisotopic (exact) mass is 298 g/mol. The van der Waals surface area contributed by atoms with Crippen LogP contribution in [-0.2, 0) is 15.8 Å². The highest BCUT2D eigenvalue weighted by molar-refractivity contribution is 7.88. The van der Waals surface area contributed by atoms with Crippen LogP contribution in [0.4, 0.5) is 5.69 Å². The zero-order chi connectivity index (χ0) is 14.6. The van der Waals surface area contributed by atoms with E-state index in [9.17, 15) is 18.5 Å². The molecule has 0 spiro atoms. The first kappa shape index (κ1) is 14.9. The van der Waals surface area contributed by atoms with Gasteiger partial charge in [-0.25, -0.2) is 12.7 Å². The van der Waals surface area contributed by atoms with Crippen LogP contribution in [-0.4, -0.2) is 30.7 Å². The number of hydrogen-bond donors (Lipinski definition) is 0. The third-order valence-electron chi connectivity index (χ3n) is 3.43. The van der Waals surface area contributed by atoms with Gasteiger partial charge in [0.15, 0.2) is 0 Å². The van der Waals surface area contributed by atoms with Crippen molar-refractivity contribution in [2.75, 3.05) is 13.1 Å². The molecule has 1 heterocycles. The van der Waals surface area contributed by atoms with Gasteiger partial charge in [0.1, 0.15) is 0 Å². The number of sulfonamides is 1. The van der Waals surface area contributed by atoms with Crippen molar-refractivity contribution in [2.24, 2.45) is 0 Å². The smallest absolute Gasteiger partial charge is 0.258 e. The first-order valence-corrected chi connectivity index (χ1v) is 8.31. The zero-order valence-electron chi connectivity index (χ0n) is 11.2. The second-order valence-electron chi connectivity index (χ2n) is 5.00. The molecule has 20 heavy (non-hydrogen) atoms. The molecule has 110 valence electrons. The first-order chi connectivity index (χ1) is 9.49. The minimum absolute atomic E-state index is 0.0754. The van der Waals surface area contributed by atoms with Gasteiger partial charge >= 0.3 is 0 Å². The van der Waals surface area contributed by atoms with Crippen LogP contribution in [0.15, 0.2) is 24.3 Å². The summed E-state index contributed by atoms with van der Waals surface area (Å²) >= 11 is 0. The third kappa shape index (κ3) is 3.77. The van der Waals surface area contributed by atoms with E-state index < -0.39 is 14.9 Å². The molecule has 0 amide bonds. The number of nitro groups is 1. The Bertz CT molecular complexity index is 578. The summed E-state index contributed by atoms with van der Waals surface area (Å²) in [6, 6.07) is 5.82. The van der Waals surface area contributed by atoms with Crippen LogP contribution in [0, 0.1) is 10.1 Å². The van der Waals surface area contributed by atoms with Gasteiger partial charge in [-0.15, -0.1) is 0 Å². The molecule has 0 N–H and O–H groups in total. The van der Waals surface area contributed by atoms with Gasteiger partial charge in [0.25, 0.3) is 5.69 Å². The van der Waals surface area contributed by atoms with Crippen LogP contribution in [0.1, 0.15) is 31.2 Å². The molecule has 0 bridgehead atoms. The molecule has 0 aromatic heterocycles. The van der Waals surface area contributed by atoms with E-state index in [0.717, 1.165) is 25.7 Å². The van der Waals surface area contributed by atoms with Crippen molar-refractivity contribution < 1.29 is 13.3 Å². The summed E-state index contributed by atoms with van der Waals surface area (Å²) in [5.74, 6) is -0.172. The highest BCUT2D eigenvalue weighted by Gasteiger charge is 2.23.